The van der Waals surface area contributed by atoms with Crippen molar-refractivity contribution in [1.29, 1.82) is 0 Å². The van der Waals surface area contributed by atoms with Crippen LogP contribution >= 0.6 is 0 Å². The van der Waals surface area contributed by atoms with Gasteiger partial charge in [-0.15, -0.1) is 0 Å². The van der Waals surface area contributed by atoms with Crippen molar-refractivity contribution in [2.75, 3.05) is 27.2 Å². The van der Waals surface area contributed by atoms with Gasteiger partial charge in [-0.2, -0.15) is 0 Å². The van der Waals surface area contributed by atoms with E-state index in [4.69, 9.17) is 0 Å². The molecule has 0 saturated carbocycles. The van der Waals surface area contributed by atoms with E-state index in [0.29, 0.717) is 18.0 Å². The van der Waals surface area contributed by atoms with Crippen LogP contribution in [0.4, 0.5) is 0 Å². The first kappa shape index (κ1) is 17.6. The maximum Gasteiger partial charge on any atom is 0.253 e. The van der Waals surface area contributed by atoms with Crippen molar-refractivity contribution >= 4 is 15.9 Å². The Bertz CT molecular complexity index is 846. The summed E-state index contributed by atoms with van der Waals surface area (Å²) in [7, 11) is -0.498. The van der Waals surface area contributed by atoms with Crippen LogP contribution in [0.25, 0.3) is 0 Å². The highest BCUT2D eigenvalue weighted by Gasteiger charge is 2.28. The molecule has 25 heavy (non-hydrogen) atoms. The van der Waals surface area contributed by atoms with Gasteiger partial charge in [0, 0.05) is 38.7 Å². The van der Waals surface area contributed by atoms with Gasteiger partial charge in [-0.3, -0.25) is 4.79 Å². The smallest absolute Gasteiger partial charge is 0.253 e. The van der Waals surface area contributed by atoms with Gasteiger partial charge >= 0.3 is 0 Å². The normalized spacial score (nSPS) is 17.9. The van der Waals surface area contributed by atoms with Gasteiger partial charge in [0.2, 0.25) is 10.0 Å². The lowest BCUT2D eigenvalue weighted by Crippen LogP contribution is -2.28. The molecule has 1 fully saturated rings. The van der Waals surface area contributed by atoms with Crippen LogP contribution in [0.3, 0.4) is 0 Å². The zero-order valence-electron chi connectivity index (χ0n) is 14.4. The monoisotopic (exact) mass is 358 g/mol. The summed E-state index contributed by atoms with van der Waals surface area (Å²) < 4.78 is 25.4. The average molecular weight is 358 g/mol. The summed E-state index contributed by atoms with van der Waals surface area (Å²) in [5.74, 6) is 0.311. The van der Waals surface area contributed by atoms with Gasteiger partial charge in [-0.05, 0) is 36.2 Å². The minimum absolute atomic E-state index is 0.0489. The number of amides is 1. The van der Waals surface area contributed by atoms with Gasteiger partial charge < -0.3 is 4.90 Å². The molecule has 1 saturated heterocycles. The second-order valence-corrected chi connectivity index (χ2v) is 8.61. The molecule has 0 bridgehead atoms. The topological polar surface area (TPSA) is 57.7 Å². The highest BCUT2D eigenvalue weighted by atomic mass is 32.2. The van der Waals surface area contributed by atoms with Gasteiger partial charge in [0.25, 0.3) is 5.91 Å². The van der Waals surface area contributed by atoms with Crippen LogP contribution in [0.1, 0.15) is 28.3 Å². The number of hydrogen-bond acceptors (Lipinski definition) is 3. The molecule has 1 heterocycles. The fourth-order valence-corrected chi connectivity index (χ4v) is 4.01. The lowest BCUT2D eigenvalue weighted by atomic mass is 9.99. The van der Waals surface area contributed by atoms with Crippen LogP contribution in [-0.2, 0) is 10.0 Å². The van der Waals surface area contributed by atoms with Gasteiger partial charge in [-0.25, -0.2) is 12.7 Å². The first-order chi connectivity index (χ1) is 11.9. The number of rotatable bonds is 4. The van der Waals surface area contributed by atoms with Gasteiger partial charge in [0.15, 0.2) is 0 Å². The molecule has 2 aromatic carbocycles. The fraction of sp³-hybridized carbons (Fsp3) is 0.316. The highest BCUT2D eigenvalue weighted by molar-refractivity contribution is 7.89. The summed E-state index contributed by atoms with van der Waals surface area (Å²) in [5.41, 5.74) is 1.77. The summed E-state index contributed by atoms with van der Waals surface area (Å²) in [4.78, 5) is 14.7. The first-order valence-electron chi connectivity index (χ1n) is 8.26. The quantitative estimate of drug-likeness (QED) is 0.844. The van der Waals surface area contributed by atoms with Crippen LogP contribution in [0.15, 0.2) is 59.5 Å². The maximum absolute atomic E-state index is 12.7. The molecule has 6 heteroatoms. The minimum atomic E-state index is -3.47. The number of carbonyl (C=O) groups excluding carboxylic acids is 1. The largest absolute Gasteiger partial charge is 0.338 e. The number of benzene rings is 2. The van der Waals surface area contributed by atoms with Crippen LogP contribution in [0.5, 0.6) is 0 Å². The van der Waals surface area contributed by atoms with Crippen molar-refractivity contribution in [3.63, 3.8) is 0 Å². The molecule has 1 atom stereocenters. The Labute approximate surface area is 148 Å². The van der Waals surface area contributed by atoms with Gasteiger partial charge in [0.05, 0.1) is 4.90 Å². The van der Waals surface area contributed by atoms with Crippen molar-refractivity contribution in [1.82, 2.24) is 9.21 Å². The molecule has 3 rings (SSSR count). The van der Waals surface area contributed by atoms with E-state index < -0.39 is 10.0 Å². The third kappa shape index (κ3) is 3.60. The summed E-state index contributed by atoms with van der Waals surface area (Å²) >= 11 is 0. The highest BCUT2D eigenvalue weighted by Crippen LogP contribution is 2.28. The molecule has 2 aromatic rings. The van der Waals surface area contributed by atoms with Gasteiger partial charge in [-0.1, -0.05) is 30.3 Å². The van der Waals surface area contributed by atoms with E-state index >= 15 is 0 Å². The number of nitrogens with zero attached hydrogens (tertiary/aromatic N) is 2. The Hall–Kier alpha value is -2.18. The molecule has 0 aromatic heterocycles. The molecule has 0 spiro atoms. The Kier molecular flexibility index (Phi) is 4.92. The molecule has 0 radical (unpaired) electrons. The van der Waals surface area contributed by atoms with Crippen LogP contribution in [0.2, 0.25) is 0 Å². The molecular weight excluding hydrogens is 336 g/mol. The summed E-state index contributed by atoms with van der Waals surface area (Å²) in [6.07, 6.45) is 0.947. The van der Waals surface area contributed by atoms with Crippen molar-refractivity contribution in [2.24, 2.45) is 0 Å². The van der Waals surface area contributed by atoms with Crippen LogP contribution < -0.4 is 0 Å². The van der Waals surface area contributed by atoms with Crippen molar-refractivity contribution in [3.8, 4) is 0 Å². The standard InChI is InChI=1S/C19H22N2O3S/c1-20(2)25(23,24)18-10-8-16(9-11-18)19(22)21-13-12-17(14-21)15-6-4-3-5-7-15/h3-11,17H,12-14H2,1-2H3/t17-/m0/s1. The van der Waals surface area contributed by atoms with E-state index in [1.54, 1.807) is 12.1 Å². The molecule has 132 valence electrons. The van der Waals surface area contributed by atoms with Crippen molar-refractivity contribution < 1.29 is 13.2 Å². The Morgan fingerprint density at radius 2 is 1.68 bits per heavy atom. The Balaban J connectivity index is 1.72. The first-order valence-corrected chi connectivity index (χ1v) is 9.70. The van der Waals surface area contributed by atoms with E-state index in [2.05, 4.69) is 12.1 Å². The van der Waals surface area contributed by atoms with Crippen LogP contribution in [-0.4, -0.2) is 50.7 Å². The molecular formula is C19H22N2O3S. The Morgan fingerprint density at radius 3 is 2.28 bits per heavy atom. The Morgan fingerprint density at radius 1 is 1.04 bits per heavy atom. The molecule has 1 aliphatic rings. The molecule has 0 aliphatic carbocycles. The number of carbonyl (C=O) groups is 1. The summed E-state index contributed by atoms with van der Waals surface area (Å²) in [6, 6.07) is 16.4. The van der Waals surface area contributed by atoms with E-state index in [1.807, 2.05) is 23.1 Å². The molecule has 1 aliphatic heterocycles. The lowest BCUT2D eigenvalue weighted by molar-refractivity contribution is 0.0790. The van der Waals surface area contributed by atoms with Crippen LogP contribution in [0, 0.1) is 0 Å². The molecule has 0 unspecified atom stereocenters. The number of sulfonamides is 1. The fourth-order valence-electron chi connectivity index (χ4n) is 3.10. The predicted octanol–water partition coefficient (Wildman–Crippen LogP) is 2.57. The zero-order chi connectivity index (χ0) is 18.0. The van der Waals surface area contributed by atoms with E-state index in [0.717, 1.165) is 17.3 Å². The summed E-state index contributed by atoms with van der Waals surface area (Å²) in [6.45, 7) is 1.41. The SMILES string of the molecule is CN(C)S(=O)(=O)c1ccc(C(=O)N2CC[C@H](c3ccccc3)C2)cc1. The number of likely N-dealkylation sites (tertiary alicyclic amines) is 1. The maximum atomic E-state index is 12.7. The summed E-state index contributed by atoms with van der Waals surface area (Å²) in [5, 5.41) is 0. The van der Waals surface area contributed by atoms with E-state index in [9.17, 15) is 13.2 Å². The predicted molar refractivity (Wildman–Crippen MR) is 97.0 cm³/mol. The third-order valence-electron chi connectivity index (χ3n) is 4.63. The molecule has 0 N–H and O–H groups in total. The second kappa shape index (κ2) is 6.98. The lowest BCUT2D eigenvalue weighted by Gasteiger charge is -2.17. The minimum Gasteiger partial charge on any atom is -0.338 e. The second-order valence-electron chi connectivity index (χ2n) is 6.46. The van der Waals surface area contributed by atoms with Crippen molar-refractivity contribution in [3.05, 3.63) is 65.7 Å². The molecule has 5 nitrogen and oxygen atoms in total. The molecule has 1 amide bonds. The average Bonchev–Trinajstić information content (AvgIpc) is 3.12. The van der Waals surface area contributed by atoms with Gasteiger partial charge in [0.1, 0.15) is 0 Å². The van der Waals surface area contributed by atoms with E-state index in [1.165, 1.54) is 31.8 Å². The number of hydrogen-bond donors (Lipinski definition) is 0. The van der Waals surface area contributed by atoms with E-state index in [-0.39, 0.29) is 10.8 Å². The zero-order valence-corrected chi connectivity index (χ0v) is 15.2. The van der Waals surface area contributed by atoms with Crippen molar-refractivity contribution in [2.45, 2.75) is 17.2 Å². The third-order valence-corrected chi connectivity index (χ3v) is 6.46.